The Morgan fingerprint density at radius 1 is 0.733 bits per heavy atom. The summed E-state index contributed by atoms with van der Waals surface area (Å²) >= 11 is 0. The van der Waals surface area contributed by atoms with Crippen LogP contribution >= 0.6 is 0 Å². The molecule has 0 saturated heterocycles. The highest BCUT2D eigenvalue weighted by atomic mass is 16.5. The zero-order valence-corrected chi connectivity index (χ0v) is 19.7. The molecular weight excluding hydrogens is 368 g/mol. The topological polar surface area (TPSA) is 18.0 Å². The van der Waals surface area contributed by atoms with Gasteiger partial charge < -0.3 is 4.74 Å². The van der Waals surface area contributed by atoms with E-state index in [1.807, 2.05) is 0 Å². The van der Waals surface area contributed by atoms with Crippen molar-refractivity contribution in [1.29, 1.82) is 0 Å². The molecule has 0 aliphatic rings. The average molecular weight is 414 g/mol. The van der Waals surface area contributed by atoms with Gasteiger partial charge in [-0.2, -0.15) is 0 Å². The highest BCUT2D eigenvalue weighted by Gasteiger charge is 2.19. The summed E-state index contributed by atoms with van der Waals surface area (Å²) in [7, 11) is 0. The Balaban J connectivity index is 1.80. The lowest BCUT2D eigenvalue weighted by Crippen LogP contribution is -2.36. The van der Waals surface area contributed by atoms with Crippen LogP contribution in [0.4, 0.5) is 0 Å². The largest absolute Gasteiger partial charge is 0.342 e. The third-order valence-corrected chi connectivity index (χ3v) is 5.88. The first kappa shape index (κ1) is 24.7. The molecule has 2 rings (SSSR count). The molecule has 1 aromatic carbocycles. The second kappa shape index (κ2) is 16.1. The van der Waals surface area contributed by atoms with E-state index in [2.05, 4.69) is 65.7 Å². The van der Waals surface area contributed by atoms with Crippen LogP contribution in [0.15, 0.2) is 42.7 Å². The van der Waals surface area contributed by atoms with Crippen LogP contribution in [0.25, 0.3) is 11.4 Å². The molecule has 1 aromatic heterocycles. The monoisotopic (exact) mass is 413 g/mol. The summed E-state index contributed by atoms with van der Waals surface area (Å²) < 4.78 is 10.7. The Labute approximate surface area is 185 Å². The molecule has 1 heterocycles. The van der Waals surface area contributed by atoms with Crippen LogP contribution in [-0.2, 0) is 18.0 Å². The number of aryl methyl sites for hydroxylation is 1. The van der Waals surface area contributed by atoms with Crippen LogP contribution in [0.1, 0.15) is 97.3 Å². The van der Waals surface area contributed by atoms with Gasteiger partial charge in [-0.15, -0.1) is 0 Å². The highest BCUT2D eigenvalue weighted by Crippen LogP contribution is 2.17. The molecule has 0 saturated carbocycles. The third kappa shape index (κ3) is 9.47. The summed E-state index contributed by atoms with van der Waals surface area (Å²) in [4.78, 5) is 0. The minimum atomic E-state index is 0.642. The van der Waals surface area contributed by atoms with Gasteiger partial charge in [-0.3, -0.25) is 0 Å². The van der Waals surface area contributed by atoms with E-state index in [0.29, 0.717) is 6.73 Å². The normalized spacial score (nSPS) is 11.3. The van der Waals surface area contributed by atoms with E-state index >= 15 is 0 Å². The van der Waals surface area contributed by atoms with Gasteiger partial charge in [0.1, 0.15) is 12.4 Å². The zero-order chi connectivity index (χ0) is 21.3. The van der Waals surface area contributed by atoms with E-state index < -0.39 is 0 Å². The Kier molecular flexibility index (Phi) is 13.3. The number of unbranched alkanes of at least 4 members (excludes halogenated alkanes) is 11. The van der Waals surface area contributed by atoms with Crippen LogP contribution in [0.3, 0.4) is 0 Å². The molecule has 0 radical (unpaired) electrons. The third-order valence-electron chi connectivity index (χ3n) is 5.88. The fourth-order valence-corrected chi connectivity index (χ4v) is 4.06. The molecular formula is C27H45N2O+. The van der Waals surface area contributed by atoms with Crippen molar-refractivity contribution in [2.45, 2.75) is 111 Å². The van der Waals surface area contributed by atoms with Crippen LogP contribution < -0.4 is 4.57 Å². The molecule has 0 aliphatic heterocycles. The lowest BCUT2D eigenvalue weighted by Gasteiger charge is -2.07. The first-order valence-corrected chi connectivity index (χ1v) is 12.6. The molecule has 3 nitrogen and oxygen atoms in total. The van der Waals surface area contributed by atoms with Gasteiger partial charge in [0.05, 0.1) is 18.7 Å². The minimum Gasteiger partial charge on any atom is -0.342 e. The lowest BCUT2D eigenvalue weighted by molar-refractivity contribution is -0.722. The van der Waals surface area contributed by atoms with Crippen molar-refractivity contribution in [1.82, 2.24) is 4.57 Å². The predicted octanol–water partition coefficient (Wildman–Crippen LogP) is 7.53. The molecule has 0 aliphatic carbocycles. The number of nitrogens with zero attached hydrogens (tertiary/aromatic N) is 2. The fourth-order valence-electron chi connectivity index (χ4n) is 4.06. The van der Waals surface area contributed by atoms with Crippen LogP contribution in [0, 0.1) is 0 Å². The zero-order valence-electron chi connectivity index (χ0n) is 19.7. The number of benzene rings is 1. The standard InChI is InChI=1S/C27H45N2O/c1-3-5-7-9-11-13-18-24-30-25-29-23-22-28(21-17-12-10-8-6-4-2)27(29)26-19-15-14-16-20-26/h14-16,19-20,22-23H,3-13,17-18,21,24-25H2,1-2H3/q+1. The molecule has 30 heavy (non-hydrogen) atoms. The van der Waals surface area contributed by atoms with Crippen molar-refractivity contribution < 1.29 is 9.30 Å². The van der Waals surface area contributed by atoms with Gasteiger partial charge in [0.2, 0.25) is 0 Å². The summed E-state index contributed by atoms with van der Waals surface area (Å²) in [5, 5.41) is 0. The van der Waals surface area contributed by atoms with Gasteiger partial charge in [0.25, 0.3) is 5.82 Å². The Hall–Kier alpha value is -1.61. The average Bonchev–Trinajstić information content (AvgIpc) is 3.18. The second-order valence-corrected chi connectivity index (χ2v) is 8.58. The summed E-state index contributed by atoms with van der Waals surface area (Å²) in [5.74, 6) is 1.27. The number of hydrogen-bond donors (Lipinski definition) is 0. The molecule has 0 atom stereocenters. The molecule has 0 fully saturated rings. The number of ether oxygens (including phenoxy) is 1. The molecule has 3 heteroatoms. The summed E-state index contributed by atoms with van der Waals surface area (Å²) in [6.45, 7) is 7.14. The quantitative estimate of drug-likeness (QED) is 0.182. The van der Waals surface area contributed by atoms with E-state index in [-0.39, 0.29) is 0 Å². The van der Waals surface area contributed by atoms with Crippen LogP contribution in [-0.4, -0.2) is 11.2 Å². The number of imidazole rings is 1. The minimum absolute atomic E-state index is 0.642. The van der Waals surface area contributed by atoms with E-state index in [0.717, 1.165) is 13.2 Å². The highest BCUT2D eigenvalue weighted by molar-refractivity contribution is 5.52. The number of aromatic nitrogens is 2. The van der Waals surface area contributed by atoms with Gasteiger partial charge in [-0.25, -0.2) is 9.13 Å². The van der Waals surface area contributed by atoms with Crippen LogP contribution in [0.5, 0.6) is 0 Å². The van der Waals surface area contributed by atoms with Crippen molar-refractivity contribution in [3.05, 3.63) is 42.7 Å². The lowest BCUT2D eigenvalue weighted by atomic mass is 10.1. The maximum absolute atomic E-state index is 6.04. The smallest absolute Gasteiger partial charge is 0.290 e. The Bertz CT molecular complexity index is 650. The molecule has 0 spiro atoms. The Morgan fingerprint density at radius 2 is 1.33 bits per heavy atom. The summed E-state index contributed by atoms with van der Waals surface area (Å²) in [6, 6.07) is 10.8. The van der Waals surface area contributed by atoms with Gasteiger partial charge in [-0.1, -0.05) is 96.3 Å². The second-order valence-electron chi connectivity index (χ2n) is 8.58. The maximum atomic E-state index is 6.04. The fraction of sp³-hybridized carbons (Fsp3) is 0.667. The number of hydrogen-bond acceptors (Lipinski definition) is 1. The molecule has 0 N–H and O–H groups in total. The predicted molar refractivity (Wildman–Crippen MR) is 127 cm³/mol. The van der Waals surface area contributed by atoms with E-state index in [4.69, 9.17) is 4.74 Å². The number of rotatable bonds is 18. The van der Waals surface area contributed by atoms with Crippen molar-refractivity contribution in [3.63, 3.8) is 0 Å². The van der Waals surface area contributed by atoms with Crippen molar-refractivity contribution >= 4 is 0 Å². The molecule has 2 aromatic rings. The molecule has 0 unspecified atom stereocenters. The van der Waals surface area contributed by atoms with E-state index in [1.165, 1.54) is 94.9 Å². The maximum Gasteiger partial charge on any atom is 0.290 e. The van der Waals surface area contributed by atoms with Gasteiger partial charge in [-0.05, 0) is 31.4 Å². The van der Waals surface area contributed by atoms with E-state index in [1.54, 1.807) is 0 Å². The van der Waals surface area contributed by atoms with Crippen molar-refractivity contribution in [2.24, 2.45) is 0 Å². The van der Waals surface area contributed by atoms with Gasteiger partial charge in [0, 0.05) is 0 Å². The molecule has 0 bridgehead atoms. The SMILES string of the molecule is CCCCCCCCCOC[n+]1ccn(CCCCCCCC)c1-c1ccccc1. The molecule has 0 amide bonds. The first-order valence-electron chi connectivity index (χ1n) is 12.6. The van der Waals surface area contributed by atoms with E-state index in [9.17, 15) is 0 Å². The first-order chi connectivity index (χ1) is 14.9. The summed E-state index contributed by atoms with van der Waals surface area (Å²) in [5.41, 5.74) is 1.27. The van der Waals surface area contributed by atoms with Gasteiger partial charge in [0.15, 0.2) is 6.73 Å². The van der Waals surface area contributed by atoms with Crippen molar-refractivity contribution in [3.8, 4) is 11.4 Å². The Morgan fingerprint density at radius 3 is 2.00 bits per heavy atom. The van der Waals surface area contributed by atoms with Crippen LogP contribution in [0.2, 0.25) is 0 Å². The molecule has 168 valence electrons. The van der Waals surface area contributed by atoms with Crippen molar-refractivity contribution in [2.75, 3.05) is 6.61 Å². The van der Waals surface area contributed by atoms with Gasteiger partial charge >= 0.3 is 0 Å². The summed E-state index contributed by atoms with van der Waals surface area (Å²) in [6.07, 6.45) is 21.7.